The number of hydrogen-bond donors (Lipinski definition) is 2. The van der Waals surface area contributed by atoms with E-state index in [1.165, 1.54) is 0 Å². The summed E-state index contributed by atoms with van der Waals surface area (Å²) in [5.74, 6) is 0. The van der Waals surface area contributed by atoms with Crippen LogP contribution in [0.3, 0.4) is 0 Å². The lowest BCUT2D eigenvalue weighted by Crippen LogP contribution is -2.57. The fourth-order valence-corrected chi connectivity index (χ4v) is 2.05. The van der Waals surface area contributed by atoms with Gasteiger partial charge in [-0.05, 0) is 20.9 Å². The second-order valence-electron chi connectivity index (χ2n) is 4.52. The highest BCUT2D eigenvalue weighted by Crippen LogP contribution is 2.12. The molecule has 4 nitrogen and oxygen atoms in total. The van der Waals surface area contributed by atoms with Gasteiger partial charge in [-0.25, -0.2) is 0 Å². The summed E-state index contributed by atoms with van der Waals surface area (Å²) in [6.45, 7) is 7.44. The van der Waals surface area contributed by atoms with Crippen molar-refractivity contribution in [2.75, 3.05) is 33.3 Å². The number of likely N-dealkylation sites (N-methyl/N-ethyl adjacent to an activating group) is 1. The molecule has 0 spiro atoms. The van der Waals surface area contributed by atoms with Crippen LogP contribution in [0.25, 0.3) is 0 Å². The Morgan fingerprint density at radius 2 is 1.86 bits per heavy atom. The average molecular weight is 201 g/mol. The molecule has 0 amide bonds. The zero-order chi connectivity index (χ0) is 10.7. The van der Waals surface area contributed by atoms with E-state index < -0.39 is 0 Å². The van der Waals surface area contributed by atoms with Crippen molar-refractivity contribution >= 4 is 0 Å². The summed E-state index contributed by atoms with van der Waals surface area (Å²) in [6.07, 6.45) is 0. The highest BCUT2D eigenvalue weighted by Gasteiger charge is 2.26. The first kappa shape index (κ1) is 11.9. The van der Waals surface area contributed by atoms with Crippen molar-refractivity contribution in [3.63, 3.8) is 0 Å². The van der Waals surface area contributed by atoms with E-state index >= 15 is 0 Å². The van der Waals surface area contributed by atoms with Gasteiger partial charge in [-0.2, -0.15) is 0 Å². The molecule has 0 bridgehead atoms. The number of piperazine rings is 1. The van der Waals surface area contributed by atoms with E-state index in [4.69, 9.17) is 10.8 Å². The summed E-state index contributed by atoms with van der Waals surface area (Å²) >= 11 is 0. The van der Waals surface area contributed by atoms with Crippen molar-refractivity contribution in [1.82, 2.24) is 9.80 Å². The molecule has 14 heavy (non-hydrogen) atoms. The number of rotatable bonds is 3. The molecule has 0 aromatic heterocycles. The van der Waals surface area contributed by atoms with Crippen LogP contribution in [0.5, 0.6) is 0 Å². The van der Waals surface area contributed by atoms with Gasteiger partial charge in [-0.1, -0.05) is 0 Å². The lowest BCUT2D eigenvalue weighted by molar-refractivity contribution is 0.0525. The van der Waals surface area contributed by atoms with Crippen LogP contribution in [-0.2, 0) is 0 Å². The molecule has 84 valence electrons. The van der Waals surface area contributed by atoms with Crippen LogP contribution >= 0.6 is 0 Å². The van der Waals surface area contributed by atoms with Crippen molar-refractivity contribution in [3.05, 3.63) is 0 Å². The molecule has 1 rings (SSSR count). The van der Waals surface area contributed by atoms with Crippen LogP contribution in [0.15, 0.2) is 0 Å². The van der Waals surface area contributed by atoms with Crippen molar-refractivity contribution in [2.24, 2.45) is 5.73 Å². The fourth-order valence-electron chi connectivity index (χ4n) is 2.05. The molecule has 0 aromatic rings. The highest BCUT2D eigenvalue weighted by atomic mass is 16.3. The van der Waals surface area contributed by atoms with Gasteiger partial charge in [0.1, 0.15) is 0 Å². The van der Waals surface area contributed by atoms with E-state index in [2.05, 4.69) is 30.7 Å². The van der Waals surface area contributed by atoms with Gasteiger partial charge in [0.15, 0.2) is 0 Å². The molecule has 1 aliphatic rings. The lowest BCUT2D eigenvalue weighted by atomic mass is 10.1. The zero-order valence-corrected chi connectivity index (χ0v) is 9.48. The second-order valence-corrected chi connectivity index (χ2v) is 4.52. The lowest BCUT2D eigenvalue weighted by Gasteiger charge is -2.43. The Balaban J connectivity index is 2.41. The molecule has 1 saturated heterocycles. The summed E-state index contributed by atoms with van der Waals surface area (Å²) in [5, 5.41) is 8.89. The number of nitrogens with two attached hydrogens (primary N) is 1. The zero-order valence-electron chi connectivity index (χ0n) is 9.48. The largest absolute Gasteiger partial charge is 0.395 e. The smallest absolute Gasteiger partial charge is 0.0595 e. The van der Waals surface area contributed by atoms with E-state index in [0.717, 1.165) is 19.6 Å². The first-order chi connectivity index (χ1) is 6.54. The van der Waals surface area contributed by atoms with Crippen LogP contribution < -0.4 is 5.73 Å². The Morgan fingerprint density at radius 3 is 2.29 bits per heavy atom. The fraction of sp³-hybridized carbons (Fsp3) is 1.00. The first-order valence-electron chi connectivity index (χ1n) is 5.35. The van der Waals surface area contributed by atoms with Gasteiger partial charge in [-0.15, -0.1) is 0 Å². The van der Waals surface area contributed by atoms with E-state index in [-0.39, 0.29) is 12.6 Å². The Bertz CT molecular complexity index is 162. The normalized spacial score (nSPS) is 33.2. The van der Waals surface area contributed by atoms with E-state index in [9.17, 15) is 0 Å². The van der Waals surface area contributed by atoms with Gasteiger partial charge in [-0.3, -0.25) is 9.80 Å². The Hall–Kier alpha value is -0.160. The SMILES string of the molecule is C[C@@H]1CN(CC(N)CO)C[C@H](C)N1C. The molecule has 1 heterocycles. The quantitative estimate of drug-likeness (QED) is 0.636. The first-order valence-corrected chi connectivity index (χ1v) is 5.35. The second kappa shape index (κ2) is 5.07. The molecule has 1 fully saturated rings. The third-order valence-electron chi connectivity index (χ3n) is 3.16. The van der Waals surface area contributed by atoms with Crippen LogP contribution in [0.4, 0.5) is 0 Å². The molecule has 0 radical (unpaired) electrons. The van der Waals surface area contributed by atoms with Gasteiger partial charge < -0.3 is 10.8 Å². The Kier molecular flexibility index (Phi) is 4.31. The monoisotopic (exact) mass is 201 g/mol. The maximum atomic E-state index is 8.89. The Morgan fingerprint density at radius 1 is 1.36 bits per heavy atom. The van der Waals surface area contributed by atoms with Crippen molar-refractivity contribution in [2.45, 2.75) is 32.0 Å². The number of aliphatic hydroxyl groups excluding tert-OH is 1. The maximum absolute atomic E-state index is 8.89. The Labute approximate surface area is 86.7 Å². The predicted molar refractivity (Wildman–Crippen MR) is 58.2 cm³/mol. The number of nitrogens with zero attached hydrogens (tertiary/aromatic N) is 2. The summed E-state index contributed by atoms with van der Waals surface area (Å²) in [5.41, 5.74) is 5.72. The van der Waals surface area contributed by atoms with Gasteiger partial charge in [0.05, 0.1) is 6.61 Å². The van der Waals surface area contributed by atoms with Gasteiger partial charge in [0.2, 0.25) is 0 Å². The summed E-state index contributed by atoms with van der Waals surface area (Å²) in [6, 6.07) is 1.05. The molecule has 3 atom stereocenters. The standard InChI is InChI=1S/C10H23N3O/c1-8-4-13(6-10(11)7-14)5-9(2)12(8)3/h8-10,14H,4-7,11H2,1-3H3/t8-,9+,10?. The van der Waals surface area contributed by atoms with Gasteiger partial charge >= 0.3 is 0 Å². The molecular weight excluding hydrogens is 178 g/mol. The van der Waals surface area contributed by atoms with E-state index in [1.807, 2.05) is 0 Å². The summed E-state index contributed by atoms with van der Waals surface area (Å²) < 4.78 is 0. The third-order valence-corrected chi connectivity index (χ3v) is 3.16. The third kappa shape index (κ3) is 2.92. The number of hydrogen-bond acceptors (Lipinski definition) is 4. The molecule has 1 unspecified atom stereocenters. The van der Waals surface area contributed by atoms with Crippen LogP contribution in [-0.4, -0.2) is 66.3 Å². The summed E-state index contributed by atoms with van der Waals surface area (Å²) in [4.78, 5) is 4.73. The molecule has 0 aromatic carbocycles. The predicted octanol–water partition coefficient (Wildman–Crippen LogP) is -0.670. The molecule has 0 aliphatic carbocycles. The van der Waals surface area contributed by atoms with E-state index in [1.54, 1.807) is 0 Å². The van der Waals surface area contributed by atoms with Gasteiger partial charge in [0, 0.05) is 37.8 Å². The minimum Gasteiger partial charge on any atom is -0.395 e. The average Bonchev–Trinajstić information content (AvgIpc) is 2.14. The van der Waals surface area contributed by atoms with Crippen molar-refractivity contribution in [1.29, 1.82) is 0 Å². The topological polar surface area (TPSA) is 52.7 Å². The van der Waals surface area contributed by atoms with Crippen LogP contribution in [0.2, 0.25) is 0 Å². The molecule has 4 heteroatoms. The number of aliphatic hydroxyl groups is 1. The maximum Gasteiger partial charge on any atom is 0.0595 e. The minimum absolute atomic E-state index is 0.0785. The molecule has 3 N–H and O–H groups in total. The minimum atomic E-state index is -0.0993. The highest BCUT2D eigenvalue weighted by molar-refractivity contribution is 4.84. The van der Waals surface area contributed by atoms with Crippen LogP contribution in [0, 0.1) is 0 Å². The van der Waals surface area contributed by atoms with Crippen molar-refractivity contribution in [3.8, 4) is 0 Å². The summed E-state index contributed by atoms with van der Waals surface area (Å²) in [7, 11) is 2.17. The molecule has 0 saturated carbocycles. The molecular formula is C10H23N3O. The van der Waals surface area contributed by atoms with Crippen LogP contribution in [0.1, 0.15) is 13.8 Å². The molecule has 1 aliphatic heterocycles. The van der Waals surface area contributed by atoms with Gasteiger partial charge in [0.25, 0.3) is 0 Å². The van der Waals surface area contributed by atoms with E-state index in [0.29, 0.717) is 12.1 Å². The van der Waals surface area contributed by atoms with Crippen molar-refractivity contribution < 1.29 is 5.11 Å².